The molecule has 0 bridgehead atoms. The summed E-state index contributed by atoms with van der Waals surface area (Å²) in [5.41, 5.74) is 4.55. The maximum Gasteiger partial charge on any atom is 0.247 e. The topological polar surface area (TPSA) is 111 Å². The van der Waals surface area contributed by atoms with Crippen LogP contribution in [0.15, 0.2) is 43.4 Å². The summed E-state index contributed by atoms with van der Waals surface area (Å²) < 4.78 is 6.28. The summed E-state index contributed by atoms with van der Waals surface area (Å²) in [5, 5.41) is 19.4. The molecule has 0 spiro atoms. The van der Waals surface area contributed by atoms with Gasteiger partial charge in [0.25, 0.3) is 0 Å². The average Bonchev–Trinajstić information content (AvgIpc) is 3.40. The van der Waals surface area contributed by atoms with Crippen molar-refractivity contribution in [2.75, 3.05) is 31.1 Å². The van der Waals surface area contributed by atoms with Crippen LogP contribution >= 0.6 is 11.6 Å². The van der Waals surface area contributed by atoms with Gasteiger partial charge in [-0.1, -0.05) is 18.2 Å². The maximum absolute atomic E-state index is 12.2. The average molecular weight is 500 g/mol. The Balaban J connectivity index is 1.52. The molecule has 4 heterocycles. The molecular formula is C26H22ClN7O2. The minimum atomic E-state index is -0.609. The summed E-state index contributed by atoms with van der Waals surface area (Å²) in [4.78, 5) is 25.0. The number of ether oxygens (including phenoxy) is 1. The first kappa shape index (κ1) is 22.3. The van der Waals surface area contributed by atoms with E-state index in [1.165, 1.54) is 12.4 Å². The summed E-state index contributed by atoms with van der Waals surface area (Å²) in [5.74, 6) is 1.20. The largest absolute Gasteiger partial charge is 0.492 e. The Bertz CT molecular complexity index is 1570. The number of halogens is 1. The predicted octanol–water partition coefficient (Wildman–Crippen LogP) is 3.88. The van der Waals surface area contributed by atoms with Crippen molar-refractivity contribution in [3.05, 3.63) is 54.0 Å². The van der Waals surface area contributed by atoms with Crippen molar-refractivity contribution in [3.63, 3.8) is 0 Å². The van der Waals surface area contributed by atoms with Crippen LogP contribution in [0.25, 0.3) is 32.9 Å². The van der Waals surface area contributed by atoms with Crippen molar-refractivity contribution in [2.24, 2.45) is 0 Å². The molecule has 0 unspecified atom stereocenters. The highest BCUT2D eigenvalue weighted by Gasteiger charge is 2.32. The fraction of sp³-hybridized carbons (Fsp3) is 0.269. The molecule has 2 aliphatic rings. The number of fused-ring (bicyclic) bond motifs is 4. The fourth-order valence-corrected chi connectivity index (χ4v) is 5.51. The maximum atomic E-state index is 12.2. The van der Waals surface area contributed by atoms with E-state index in [1.807, 2.05) is 23.1 Å². The second kappa shape index (κ2) is 8.81. The van der Waals surface area contributed by atoms with E-state index in [-0.39, 0.29) is 5.91 Å². The first-order valence-electron chi connectivity index (χ1n) is 11.7. The summed E-state index contributed by atoms with van der Waals surface area (Å²) in [6.07, 6.45) is 6.26. The van der Waals surface area contributed by atoms with Gasteiger partial charge in [-0.2, -0.15) is 10.4 Å². The zero-order valence-corrected chi connectivity index (χ0v) is 20.1. The molecule has 2 aromatic carbocycles. The van der Waals surface area contributed by atoms with Crippen molar-refractivity contribution >= 4 is 45.1 Å². The standard InChI is InChI=1S/C26H22ClN7O2/c1-2-22(35)34-8-7-33(13-15(34)11-28)26-24-21(29-14-30-26)10-17(16-4-3-9-36-25(16)24)23-18-12-31-32-20(18)6-5-19(23)27/h2,5-6,10,12,14-15H,1,3-4,7-9,13H2,(H,31,32)/t15-/m0/s1. The highest BCUT2D eigenvalue weighted by Crippen LogP contribution is 2.46. The van der Waals surface area contributed by atoms with Crippen LogP contribution < -0.4 is 9.64 Å². The lowest BCUT2D eigenvalue weighted by molar-refractivity contribution is -0.127. The Morgan fingerprint density at radius 3 is 3.06 bits per heavy atom. The van der Waals surface area contributed by atoms with Gasteiger partial charge in [-0.05, 0) is 42.7 Å². The van der Waals surface area contributed by atoms with Gasteiger partial charge in [-0.25, -0.2) is 9.97 Å². The normalized spacial score (nSPS) is 17.5. The molecule has 36 heavy (non-hydrogen) atoms. The number of hydrogen-bond acceptors (Lipinski definition) is 7. The molecule has 0 aliphatic carbocycles. The number of piperazine rings is 1. The molecule has 2 aliphatic heterocycles. The van der Waals surface area contributed by atoms with Crippen LogP contribution in [0.2, 0.25) is 5.02 Å². The first-order chi connectivity index (χ1) is 17.6. The molecule has 10 heteroatoms. The number of benzene rings is 2. The number of anilines is 1. The van der Waals surface area contributed by atoms with Gasteiger partial charge >= 0.3 is 0 Å². The van der Waals surface area contributed by atoms with Crippen molar-refractivity contribution in [1.29, 1.82) is 5.26 Å². The zero-order valence-electron chi connectivity index (χ0n) is 19.4. The van der Waals surface area contributed by atoms with Crippen LogP contribution in [0.1, 0.15) is 12.0 Å². The molecule has 4 aromatic rings. The number of nitriles is 1. The van der Waals surface area contributed by atoms with Crippen LogP contribution in [-0.4, -0.2) is 63.3 Å². The van der Waals surface area contributed by atoms with Crippen molar-refractivity contribution in [1.82, 2.24) is 25.1 Å². The molecule has 1 saturated heterocycles. The first-order valence-corrected chi connectivity index (χ1v) is 12.1. The van der Waals surface area contributed by atoms with Crippen LogP contribution in [-0.2, 0) is 11.2 Å². The third kappa shape index (κ3) is 3.45. The monoisotopic (exact) mass is 499 g/mol. The van der Waals surface area contributed by atoms with Gasteiger partial charge in [-0.3, -0.25) is 9.89 Å². The molecule has 2 aromatic heterocycles. The van der Waals surface area contributed by atoms with Gasteiger partial charge in [0.1, 0.15) is 23.9 Å². The number of rotatable bonds is 3. The van der Waals surface area contributed by atoms with Gasteiger partial charge in [0.05, 0.1) is 41.8 Å². The van der Waals surface area contributed by atoms with E-state index in [1.54, 1.807) is 11.1 Å². The molecule has 1 fully saturated rings. The van der Waals surface area contributed by atoms with Crippen LogP contribution in [0, 0.1) is 11.3 Å². The molecule has 0 saturated carbocycles. The Morgan fingerprint density at radius 1 is 1.33 bits per heavy atom. The highest BCUT2D eigenvalue weighted by molar-refractivity contribution is 6.35. The molecule has 180 valence electrons. The van der Waals surface area contributed by atoms with Crippen LogP contribution in [0.4, 0.5) is 5.82 Å². The van der Waals surface area contributed by atoms with Gasteiger partial charge in [0, 0.05) is 34.6 Å². The number of aromatic amines is 1. The quantitative estimate of drug-likeness (QED) is 0.426. The number of nitrogens with one attached hydrogen (secondary N) is 1. The van der Waals surface area contributed by atoms with Gasteiger partial charge in [0.2, 0.25) is 5.91 Å². The molecule has 1 atom stereocenters. The van der Waals surface area contributed by atoms with Crippen molar-refractivity contribution in [2.45, 2.75) is 18.9 Å². The van der Waals surface area contributed by atoms with Gasteiger partial charge < -0.3 is 14.5 Å². The predicted molar refractivity (Wildman–Crippen MR) is 137 cm³/mol. The summed E-state index contributed by atoms with van der Waals surface area (Å²) in [7, 11) is 0. The fourth-order valence-electron chi connectivity index (χ4n) is 5.24. The van der Waals surface area contributed by atoms with E-state index in [4.69, 9.17) is 16.3 Å². The molecule has 0 radical (unpaired) electrons. The minimum absolute atomic E-state index is 0.246. The lowest BCUT2D eigenvalue weighted by Gasteiger charge is -2.39. The van der Waals surface area contributed by atoms with E-state index < -0.39 is 6.04 Å². The third-order valence-electron chi connectivity index (χ3n) is 6.91. The second-order valence-corrected chi connectivity index (χ2v) is 9.26. The number of H-pyrrole nitrogens is 1. The second-order valence-electron chi connectivity index (χ2n) is 8.86. The van der Waals surface area contributed by atoms with Crippen LogP contribution in [0.5, 0.6) is 5.75 Å². The number of nitrogens with zero attached hydrogens (tertiary/aromatic N) is 6. The number of aromatic nitrogens is 4. The molecule has 1 amide bonds. The van der Waals surface area contributed by atoms with E-state index >= 15 is 0 Å². The Hall–Kier alpha value is -4.16. The molecular weight excluding hydrogens is 478 g/mol. The third-order valence-corrected chi connectivity index (χ3v) is 7.23. The van der Waals surface area contributed by atoms with Crippen LogP contribution in [0.3, 0.4) is 0 Å². The molecule has 1 N–H and O–H groups in total. The van der Waals surface area contributed by atoms with E-state index in [0.29, 0.717) is 37.1 Å². The van der Waals surface area contributed by atoms with Crippen molar-refractivity contribution in [3.8, 4) is 22.9 Å². The van der Waals surface area contributed by atoms with E-state index in [0.717, 1.165) is 57.1 Å². The number of hydrogen-bond donors (Lipinski definition) is 1. The Kier molecular flexibility index (Phi) is 5.46. The lowest BCUT2D eigenvalue weighted by Crippen LogP contribution is -2.54. The minimum Gasteiger partial charge on any atom is -0.492 e. The van der Waals surface area contributed by atoms with E-state index in [2.05, 4.69) is 32.8 Å². The zero-order chi connectivity index (χ0) is 24.8. The Morgan fingerprint density at radius 2 is 2.22 bits per heavy atom. The Labute approximate surface area is 211 Å². The van der Waals surface area contributed by atoms with Gasteiger partial charge in [-0.15, -0.1) is 0 Å². The van der Waals surface area contributed by atoms with Crippen molar-refractivity contribution < 1.29 is 9.53 Å². The summed E-state index contributed by atoms with van der Waals surface area (Å²) in [6.45, 7) is 5.41. The highest BCUT2D eigenvalue weighted by atomic mass is 35.5. The van der Waals surface area contributed by atoms with Gasteiger partial charge in [0.15, 0.2) is 0 Å². The number of amides is 1. The van der Waals surface area contributed by atoms with E-state index in [9.17, 15) is 10.1 Å². The molecule has 9 nitrogen and oxygen atoms in total. The lowest BCUT2D eigenvalue weighted by atomic mass is 9.90. The smallest absolute Gasteiger partial charge is 0.247 e. The number of carbonyl (C=O) groups excluding carboxylic acids is 1. The SMILES string of the molecule is C=CC(=O)N1CCN(c2ncnc3cc(-c4c(Cl)ccc5[nH]ncc45)c4c(c23)OCCC4)C[C@@H]1C#N. The summed E-state index contributed by atoms with van der Waals surface area (Å²) >= 11 is 6.73. The molecule has 6 rings (SSSR count). The summed E-state index contributed by atoms with van der Waals surface area (Å²) in [6, 6.07) is 7.47. The number of carbonyl (C=O) groups is 1.